The molecule has 4 heteroatoms. The molecule has 1 aromatic carbocycles. The fourth-order valence-electron chi connectivity index (χ4n) is 2.80. The first-order valence-corrected chi connectivity index (χ1v) is 7.41. The molecule has 0 bridgehead atoms. The van der Waals surface area contributed by atoms with Gasteiger partial charge in [0.2, 0.25) is 0 Å². The normalized spacial score (nSPS) is 16.4. The molecule has 0 radical (unpaired) electrons. The van der Waals surface area contributed by atoms with Crippen molar-refractivity contribution in [3.05, 3.63) is 35.9 Å². The van der Waals surface area contributed by atoms with Crippen molar-refractivity contribution in [3.63, 3.8) is 0 Å². The summed E-state index contributed by atoms with van der Waals surface area (Å²) in [6.07, 6.45) is 3.23. The van der Waals surface area contributed by atoms with Crippen molar-refractivity contribution in [1.82, 2.24) is 15.1 Å². The summed E-state index contributed by atoms with van der Waals surface area (Å²) < 4.78 is 0. The highest BCUT2D eigenvalue weighted by molar-refractivity contribution is 5.73. The van der Waals surface area contributed by atoms with E-state index in [0.29, 0.717) is 6.04 Å². The molecule has 1 heterocycles. The van der Waals surface area contributed by atoms with Crippen LogP contribution < -0.4 is 5.32 Å². The predicted molar refractivity (Wildman–Crippen MR) is 81.8 cm³/mol. The quantitative estimate of drug-likeness (QED) is 0.912. The Kier molecular flexibility index (Phi) is 5.41. The average molecular weight is 275 g/mol. The summed E-state index contributed by atoms with van der Waals surface area (Å²) in [7, 11) is 3.89. The van der Waals surface area contributed by atoms with E-state index in [1.54, 1.807) is 7.05 Å². The van der Waals surface area contributed by atoms with Gasteiger partial charge >= 0.3 is 6.03 Å². The molecule has 0 atom stereocenters. The van der Waals surface area contributed by atoms with Crippen LogP contribution in [0.25, 0.3) is 0 Å². The first-order valence-electron chi connectivity index (χ1n) is 7.41. The summed E-state index contributed by atoms with van der Waals surface area (Å²) in [5, 5.41) is 2.70. The Morgan fingerprint density at radius 2 is 1.95 bits per heavy atom. The van der Waals surface area contributed by atoms with E-state index in [9.17, 15) is 4.79 Å². The van der Waals surface area contributed by atoms with Gasteiger partial charge in [0.05, 0.1) is 0 Å². The molecule has 0 aliphatic carbocycles. The second-order valence-electron chi connectivity index (χ2n) is 5.49. The zero-order valence-corrected chi connectivity index (χ0v) is 12.5. The first-order chi connectivity index (χ1) is 9.70. The molecule has 0 unspecified atom stereocenters. The highest BCUT2D eigenvalue weighted by atomic mass is 16.2. The molecule has 0 aromatic heterocycles. The molecule has 4 nitrogen and oxygen atoms in total. The maximum Gasteiger partial charge on any atom is 0.317 e. The Labute approximate surface area is 121 Å². The molecule has 1 aliphatic heterocycles. The van der Waals surface area contributed by atoms with Crippen molar-refractivity contribution in [2.75, 3.05) is 33.7 Å². The lowest BCUT2D eigenvalue weighted by atomic mass is 10.0. The van der Waals surface area contributed by atoms with Crippen molar-refractivity contribution in [1.29, 1.82) is 0 Å². The smallest absolute Gasteiger partial charge is 0.317 e. The van der Waals surface area contributed by atoms with Gasteiger partial charge in [-0.05, 0) is 31.9 Å². The van der Waals surface area contributed by atoms with Gasteiger partial charge in [0.1, 0.15) is 0 Å². The lowest BCUT2D eigenvalue weighted by molar-refractivity contribution is 0.136. The number of hydrogen-bond acceptors (Lipinski definition) is 2. The van der Waals surface area contributed by atoms with Crippen LogP contribution in [0.15, 0.2) is 30.3 Å². The number of benzene rings is 1. The van der Waals surface area contributed by atoms with Crippen LogP contribution in [0.1, 0.15) is 18.4 Å². The Balaban J connectivity index is 1.74. The zero-order chi connectivity index (χ0) is 14.4. The van der Waals surface area contributed by atoms with E-state index in [4.69, 9.17) is 0 Å². The molecule has 110 valence electrons. The number of carbonyl (C=O) groups is 1. The Bertz CT molecular complexity index is 413. The van der Waals surface area contributed by atoms with Crippen LogP contribution in [-0.2, 0) is 6.42 Å². The predicted octanol–water partition coefficient (Wildman–Crippen LogP) is 1.96. The third-order valence-corrected chi connectivity index (χ3v) is 4.18. The third kappa shape index (κ3) is 3.97. The summed E-state index contributed by atoms with van der Waals surface area (Å²) in [5.74, 6) is 0. The minimum atomic E-state index is 0.0513. The van der Waals surface area contributed by atoms with Gasteiger partial charge < -0.3 is 15.1 Å². The van der Waals surface area contributed by atoms with Gasteiger partial charge in [0.25, 0.3) is 0 Å². The number of carbonyl (C=O) groups excluding carboxylic acids is 1. The van der Waals surface area contributed by atoms with Crippen LogP contribution in [0.3, 0.4) is 0 Å². The van der Waals surface area contributed by atoms with E-state index < -0.39 is 0 Å². The van der Waals surface area contributed by atoms with Crippen molar-refractivity contribution in [3.8, 4) is 0 Å². The van der Waals surface area contributed by atoms with Crippen molar-refractivity contribution in [2.24, 2.45) is 0 Å². The number of likely N-dealkylation sites (tertiary alicyclic amines) is 1. The van der Waals surface area contributed by atoms with Crippen LogP contribution in [0.2, 0.25) is 0 Å². The number of rotatable bonds is 4. The molecule has 0 saturated carbocycles. The molecule has 1 fully saturated rings. The summed E-state index contributed by atoms with van der Waals surface area (Å²) >= 11 is 0. The van der Waals surface area contributed by atoms with Crippen molar-refractivity contribution in [2.45, 2.75) is 25.3 Å². The van der Waals surface area contributed by atoms with Crippen LogP contribution in [0.5, 0.6) is 0 Å². The standard InChI is InChI=1S/C16H25N3O/c1-17-16(20)19-12-9-15(10-13-19)18(2)11-8-14-6-4-3-5-7-14/h3-7,15H,8-13H2,1-2H3,(H,17,20). The van der Waals surface area contributed by atoms with Gasteiger partial charge in [-0.25, -0.2) is 4.79 Å². The molecule has 1 N–H and O–H groups in total. The second-order valence-corrected chi connectivity index (χ2v) is 5.49. The number of nitrogens with zero attached hydrogens (tertiary/aromatic N) is 2. The van der Waals surface area contributed by atoms with E-state index in [-0.39, 0.29) is 6.03 Å². The fourth-order valence-corrected chi connectivity index (χ4v) is 2.80. The number of urea groups is 1. The SMILES string of the molecule is CNC(=O)N1CCC(N(C)CCc2ccccc2)CC1. The van der Waals surface area contributed by atoms with Crippen molar-refractivity contribution < 1.29 is 4.79 Å². The summed E-state index contributed by atoms with van der Waals surface area (Å²) in [5.41, 5.74) is 1.39. The number of amides is 2. The third-order valence-electron chi connectivity index (χ3n) is 4.18. The maximum absolute atomic E-state index is 11.6. The summed E-state index contributed by atoms with van der Waals surface area (Å²) in [6, 6.07) is 11.3. The van der Waals surface area contributed by atoms with Gasteiger partial charge in [0, 0.05) is 32.7 Å². The van der Waals surface area contributed by atoms with Gasteiger partial charge in [0.15, 0.2) is 0 Å². The Morgan fingerprint density at radius 3 is 2.55 bits per heavy atom. The maximum atomic E-state index is 11.6. The average Bonchev–Trinajstić information content (AvgIpc) is 2.53. The van der Waals surface area contributed by atoms with Crippen LogP contribution in [0.4, 0.5) is 4.79 Å². The second kappa shape index (κ2) is 7.29. The molecular formula is C16H25N3O. The van der Waals surface area contributed by atoms with Crippen molar-refractivity contribution >= 4 is 6.03 Å². The molecule has 0 spiro atoms. The number of hydrogen-bond donors (Lipinski definition) is 1. The first kappa shape index (κ1) is 14.9. The minimum absolute atomic E-state index is 0.0513. The van der Waals surface area contributed by atoms with Gasteiger partial charge in [-0.3, -0.25) is 0 Å². The van der Waals surface area contributed by atoms with E-state index in [1.165, 1.54) is 5.56 Å². The zero-order valence-electron chi connectivity index (χ0n) is 12.5. The molecule has 1 aliphatic rings. The summed E-state index contributed by atoms with van der Waals surface area (Å²) in [6.45, 7) is 2.80. The van der Waals surface area contributed by atoms with E-state index in [0.717, 1.165) is 38.9 Å². The number of likely N-dealkylation sites (N-methyl/N-ethyl adjacent to an activating group) is 1. The van der Waals surface area contributed by atoms with E-state index in [2.05, 4.69) is 47.6 Å². The molecular weight excluding hydrogens is 250 g/mol. The Hall–Kier alpha value is -1.55. The minimum Gasteiger partial charge on any atom is -0.341 e. The van der Waals surface area contributed by atoms with E-state index in [1.807, 2.05) is 4.90 Å². The van der Waals surface area contributed by atoms with Gasteiger partial charge in [-0.15, -0.1) is 0 Å². The van der Waals surface area contributed by atoms with Gasteiger partial charge in [-0.1, -0.05) is 30.3 Å². The summed E-state index contributed by atoms with van der Waals surface area (Å²) in [4.78, 5) is 15.9. The fraction of sp³-hybridized carbons (Fsp3) is 0.562. The largest absolute Gasteiger partial charge is 0.341 e. The van der Waals surface area contributed by atoms with Crippen LogP contribution in [-0.4, -0.2) is 55.6 Å². The molecule has 1 aromatic rings. The van der Waals surface area contributed by atoms with Crippen LogP contribution in [0, 0.1) is 0 Å². The number of piperidine rings is 1. The molecule has 2 amide bonds. The molecule has 2 rings (SSSR count). The molecule has 20 heavy (non-hydrogen) atoms. The topological polar surface area (TPSA) is 35.6 Å². The lowest BCUT2D eigenvalue weighted by Gasteiger charge is -2.36. The Morgan fingerprint density at radius 1 is 1.30 bits per heavy atom. The molecule has 1 saturated heterocycles. The lowest BCUT2D eigenvalue weighted by Crippen LogP contribution is -2.48. The van der Waals surface area contributed by atoms with Crippen LogP contribution >= 0.6 is 0 Å². The number of nitrogens with one attached hydrogen (secondary N) is 1. The highest BCUT2D eigenvalue weighted by Crippen LogP contribution is 2.16. The van der Waals surface area contributed by atoms with Gasteiger partial charge in [-0.2, -0.15) is 0 Å². The highest BCUT2D eigenvalue weighted by Gasteiger charge is 2.24. The van der Waals surface area contributed by atoms with E-state index >= 15 is 0 Å². The monoisotopic (exact) mass is 275 g/mol.